The molecule has 0 bridgehead atoms. The average molecular weight is 461 g/mol. The highest BCUT2D eigenvalue weighted by Gasteiger charge is 2.15. The van der Waals surface area contributed by atoms with Crippen LogP contribution in [-0.4, -0.2) is 35.3 Å². The fraction of sp³-hybridized carbons (Fsp3) is 0.192. The van der Waals surface area contributed by atoms with Crippen molar-refractivity contribution in [3.63, 3.8) is 0 Å². The van der Waals surface area contributed by atoms with Gasteiger partial charge in [-0.1, -0.05) is 54.2 Å². The Labute approximate surface area is 196 Å². The molecule has 0 atom stereocenters. The third kappa shape index (κ3) is 4.93. The van der Waals surface area contributed by atoms with Gasteiger partial charge < -0.3 is 9.47 Å². The lowest BCUT2D eigenvalue weighted by Gasteiger charge is -2.15. The molecule has 0 unspecified atom stereocenters. The lowest BCUT2D eigenvalue weighted by molar-refractivity contribution is 0.0982. The van der Waals surface area contributed by atoms with E-state index >= 15 is 0 Å². The first-order valence-corrected chi connectivity index (χ1v) is 11.6. The molecule has 0 N–H and O–H groups in total. The second-order valence-electron chi connectivity index (χ2n) is 7.33. The SMILES string of the molecule is COc1ccc(-n2c(SCCCC(=O)c3ccccc3)nc3ccccc3c2=O)cc1OC. The predicted molar refractivity (Wildman–Crippen MR) is 131 cm³/mol. The summed E-state index contributed by atoms with van der Waals surface area (Å²) in [7, 11) is 3.13. The zero-order valence-corrected chi connectivity index (χ0v) is 19.3. The van der Waals surface area contributed by atoms with Crippen LogP contribution < -0.4 is 15.0 Å². The van der Waals surface area contributed by atoms with Gasteiger partial charge in [0, 0.05) is 23.8 Å². The van der Waals surface area contributed by atoms with E-state index in [9.17, 15) is 9.59 Å². The Morgan fingerprint density at radius 2 is 1.67 bits per heavy atom. The van der Waals surface area contributed by atoms with Gasteiger partial charge >= 0.3 is 0 Å². The summed E-state index contributed by atoms with van der Waals surface area (Å²) >= 11 is 1.46. The largest absolute Gasteiger partial charge is 0.493 e. The minimum atomic E-state index is -0.157. The highest BCUT2D eigenvalue weighted by molar-refractivity contribution is 7.99. The molecule has 0 saturated heterocycles. The van der Waals surface area contributed by atoms with Crippen molar-refractivity contribution < 1.29 is 14.3 Å². The van der Waals surface area contributed by atoms with Gasteiger partial charge in [0.15, 0.2) is 22.4 Å². The van der Waals surface area contributed by atoms with Crippen LogP contribution in [0.4, 0.5) is 0 Å². The Balaban J connectivity index is 1.63. The Bertz CT molecular complexity index is 1340. The maximum Gasteiger partial charge on any atom is 0.266 e. The number of hydrogen-bond acceptors (Lipinski definition) is 6. The molecule has 1 heterocycles. The molecule has 0 radical (unpaired) electrons. The van der Waals surface area contributed by atoms with Gasteiger partial charge in [-0.05, 0) is 30.7 Å². The van der Waals surface area contributed by atoms with Crippen LogP contribution in [0.5, 0.6) is 11.5 Å². The van der Waals surface area contributed by atoms with E-state index in [4.69, 9.17) is 14.5 Å². The number of ketones is 1. The van der Waals surface area contributed by atoms with Gasteiger partial charge in [-0.15, -0.1) is 0 Å². The third-order valence-electron chi connectivity index (χ3n) is 5.25. The number of benzene rings is 3. The number of thioether (sulfide) groups is 1. The van der Waals surface area contributed by atoms with E-state index in [1.165, 1.54) is 11.8 Å². The molecule has 0 spiro atoms. The monoisotopic (exact) mass is 460 g/mol. The minimum absolute atomic E-state index is 0.111. The highest BCUT2D eigenvalue weighted by atomic mass is 32.2. The van der Waals surface area contributed by atoms with Crippen molar-refractivity contribution in [2.75, 3.05) is 20.0 Å². The summed E-state index contributed by atoms with van der Waals surface area (Å²) in [4.78, 5) is 30.6. The van der Waals surface area contributed by atoms with Crippen LogP contribution in [0.25, 0.3) is 16.6 Å². The number of carbonyl (C=O) groups is 1. The number of aromatic nitrogens is 2. The van der Waals surface area contributed by atoms with E-state index in [1.54, 1.807) is 37.0 Å². The summed E-state index contributed by atoms with van der Waals surface area (Å²) in [6.07, 6.45) is 1.11. The van der Waals surface area contributed by atoms with Crippen molar-refractivity contribution in [2.45, 2.75) is 18.0 Å². The molecule has 0 aliphatic carbocycles. The zero-order chi connectivity index (χ0) is 23.2. The van der Waals surface area contributed by atoms with Crippen molar-refractivity contribution in [2.24, 2.45) is 0 Å². The Kier molecular flexibility index (Phi) is 7.10. The summed E-state index contributed by atoms with van der Waals surface area (Å²) in [5, 5.41) is 1.11. The fourth-order valence-electron chi connectivity index (χ4n) is 3.57. The number of hydrogen-bond donors (Lipinski definition) is 0. The Hall–Kier alpha value is -3.58. The lowest BCUT2D eigenvalue weighted by atomic mass is 10.1. The van der Waals surface area contributed by atoms with Crippen molar-refractivity contribution in [3.05, 3.63) is 88.7 Å². The van der Waals surface area contributed by atoms with Crippen molar-refractivity contribution >= 4 is 28.4 Å². The number of rotatable bonds is 9. The van der Waals surface area contributed by atoms with E-state index in [2.05, 4.69) is 0 Å². The Morgan fingerprint density at radius 1 is 0.939 bits per heavy atom. The molecule has 168 valence electrons. The number of Topliss-reactive ketones (excluding diaryl/α,β-unsaturated/α-hetero) is 1. The van der Waals surface area contributed by atoms with Crippen LogP contribution in [0.15, 0.2) is 82.7 Å². The van der Waals surface area contributed by atoms with E-state index in [0.717, 1.165) is 0 Å². The molecule has 0 fully saturated rings. The lowest BCUT2D eigenvalue weighted by Crippen LogP contribution is -2.22. The third-order valence-corrected chi connectivity index (χ3v) is 6.27. The van der Waals surface area contributed by atoms with Crippen molar-refractivity contribution in [3.8, 4) is 17.2 Å². The molecule has 1 aromatic heterocycles. The standard InChI is InChI=1S/C26H24N2O4S/c1-31-23-15-14-19(17-24(23)32-2)28-25(30)20-11-6-7-12-21(20)27-26(28)33-16-8-13-22(29)18-9-4-3-5-10-18/h3-7,9-12,14-15,17H,8,13,16H2,1-2H3. The molecule has 3 aromatic carbocycles. The molecular weight excluding hydrogens is 436 g/mol. The molecule has 4 rings (SSSR count). The summed E-state index contributed by atoms with van der Waals surface area (Å²) < 4.78 is 12.3. The van der Waals surface area contributed by atoms with Gasteiger partial charge in [0.25, 0.3) is 5.56 Å². The Morgan fingerprint density at radius 3 is 2.42 bits per heavy atom. The van der Waals surface area contributed by atoms with Gasteiger partial charge in [-0.25, -0.2) is 4.98 Å². The number of fused-ring (bicyclic) bond motifs is 1. The van der Waals surface area contributed by atoms with E-state index in [-0.39, 0.29) is 11.3 Å². The van der Waals surface area contributed by atoms with E-state index < -0.39 is 0 Å². The van der Waals surface area contributed by atoms with Crippen LogP contribution >= 0.6 is 11.8 Å². The zero-order valence-electron chi connectivity index (χ0n) is 18.5. The second-order valence-corrected chi connectivity index (χ2v) is 8.39. The fourth-order valence-corrected chi connectivity index (χ4v) is 4.52. The highest BCUT2D eigenvalue weighted by Crippen LogP contribution is 2.30. The predicted octanol–water partition coefficient (Wildman–Crippen LogP) is 5.16. The van der Waals surface area contributed by atoms with Crippen LogP contribution in [0.3, 0.4) is 0 Å². The number of nitrogens with zero attached hydrogens (tertiary/aromatic N) is 2. The van der Waals surface area contributed by atoms with E-state index in [0.29, 0.717) is 57.4 Å². The maximum atomic E-state index is 13.4. The summed E-state index contributed by atoms with van der Waals surface area (Å²) in [5.74, 6) is 1.87. The van der Waals surface area contributed by atoms with Crippen molar-refractivity contribution in [1.29, 1.82) is 0 Å². The summed E-state index contributed by atoms with van der Waals surface area (Å²) in [6, 6.07) is 21.9. The molecule has 7 heteroatoms. The van der Waals surface area contributed by atoms with Gasteiger partial charge in [0.2, 0.25) is 0 Å². The number of methoxy groups -OCH3 is 2. The minimum Gasteiger partial charge on any atom is -0.493 e. The molecule has 0 amide bonds. The molecule has 4 aromatic rings. The second kappa shape index (κ2) is 10.4. The number of para-hydroxylation sites is 1. The molecule has 33 heavy (non-hydrogen) atoms. The van der Waals surface area contributed by atoms with Crippen molar-refractivity contribution in [1.82, 2.24) is 9.55 Å². The molecule has 0 aliphatic rings. The molecule has 0 saturated carbocycles. The van der Waals surface area contributed by atoms with Crippen LogP contribution in [0.2, 0.25) is 0 Å². The topological polar surface area (TPSA) is 70.4 Å². The van der Waals surface area contributed by atoms with E-state index in [1.807, 2.05) is 54.6 Å². The normalized spacial score (nSPS) is 10.8. The van der Waals surface area contributed by atoms with Crippen LogP contribution in [0, 0.1) is 0 Å². The molecule has 6 nitrogen and oxygen atoms in total. The number of carbonyl (C=O) groups excluding carboxylic acids is 1. The molecular formula is C26H24N2O4S. The quantitative estimate of drug-likeness (QED) is 0.149. The van der Waals surface area contributed by atoms with Gasteiger partial charge in [-0.3, -0.25) is 14.2 Å². The maximum absolute atomic E-state index is 13.4. The van der Waals surface area contributed by atoms with Crippen LogP contribution in [0.1, 0.15) is 23.2 Å². The molecule has 0 aliphatic heterocycles. The van der Waals surface area contributed by atoms with Crippen LogP contribution in [-0.2, 0) is 0 Å². The van der Waals surface area contributed by atoms with Gasteiger partial charge in [0.1, 0.15) is 0 Å². The van der Waals surface area contributed by atoms with Gasteiger partial charge in [0.05, 0.1) is 30.8 Å². The average Bonchev–Trinajstić information content (AvgIpc) is 2.86. The summed E-state index contributed by atoms with van der Waals surface area (Å²) in [5.41, 5.74) is 1.84. The van der Waals surface area contributed by atoms with Gasteiger partial charge in [-0.2, -0.15) is 0 Å². The first-order valence-electron chi connectivity index (χ1n) is 10.6. The first kappa shape index (κ1) is 22.6. The smallest absolute Gasteiger partial charge is 0.266 e. The summed E-state index contributed by atoms with van der Waals surface area (Å²) in [6.45, 7) is 0. The number of ether oxygens (including phenoxy) is 2. The first-order chi connectivity index (χ1) is 16.1.